The van der Waals surface area contributed by atoms with E-state index >= 15 is 0 Å². The summed E-state index contributed by atoms with van der Waals surface area (Å²) < 4.78 is 30.7. The van der Waals surface area contributed by atoms with Crippen LogP contribution in [0.1, 0.15) is 6.92 Å². The highest BCUT2D eigenvalue weighted by Gasteiger charge is 2.28. The number of hydrogen-bond acceptors (Lipinski definition) is 6. The molecule has 0 aliphatic carbocycles. The molecule has 134 valence electrons. The van der Waals surface area contributed by atoms with E-state index in [-0.39, 0.29) is 16.9 Å². The van der Waals surface area contributed by atoms with Crippen LogP contribution in [0.4, 0.5) is 5.69 Å². The molecule has 0 saturated carbocycles. The summed E-state index contributed by atoms with van der Waals surface area (Å²) in [5, 5.41) is 10.1. The SMILES string of the molecule is C[C@H]1OCCN[C@@H]1C(=O)Nc1cnn(-c2ccccc2S(C)(=O)=O)c1. The number of morpholine rings is 1. The molecule has 1 aromatic heterocycles. The Kier molecular flexibility index (Phi) is 4.89. The molecular weight excluding hydrogens is 344 g/mol. The second kappa shape index (κ2) is 6.95. The molecule has 0 bridgehead atoms. The van der Waals surface area contributed by atoms with Crippen molar-refractivity contribution in [3.63, 3.8) is 0 Å². The number of para-hydroxylation sites is 1. The molecule has 1 aromatic carbocycles. The van der Waals surface area contributed by atoms with Gasteiger partial charge in [-0.2, -0.15) is 5.10 Å². The van der Waals surface area contributed by atoms with Gasteiger partial charge in [0.15, 0.2) is 9.84 Å². The van der Waals surface area contributed by atoms with Gasteiger partial charge in [-0.25, -0.2) is 13.1 Å². The van der Waals surface area contributed by atoms with Crippen LogP contribution in [0.25, 0.3) is 5.69 Å². The molecule has 0 radical (unpaired) electrons. The molecule has 3 rings (SSSR count). The van der Waals surface area contributed by atoms with Crippen molar-refractivity contribution in [1.29, 1.82) is 0 Å². The average Bonchev–Trinajstić information content (AvgIpc) is 3.03. The number of amides is 1. The number of rotatable bonds is 4. The number of aromatic nitrogens is 2. The third-order valence-corrected chi connectivity index (χ3v) is 5.10. The van der Waals surface area contributed by atoms with Gasteiger partial charge in [-0.05, 0) is 19.1 Å². The molecule has 2 aromatic rings. The average molecular weight is 364 g/mol. The summed E-state index contributed by atoms with van der Waals surface area (Å²) in [6.45, 7) is 3.02. The number of carbonyl (C=O) groups excluding carboxylic acids is 1. The van der Waals surface area contributed by atoms with E-state index in [2.05, 4.69) is 15.7 Å². The van der Waals surface area contributed by atoms with Crippen molar-refractivity contribution >= 4 is 21.4 Å². The first-order chi connectivity index (χ1) is 11.9. The highest BCUT2D eigenvalue weighted by molar-refractivity contribution is 7.90. The first-order valence-corrected chi connectivity index (χ1v) is 9.75. The second-order valence-electron chi connectivity index (χ2n) is 5.91. The van der Waals surface area contributed by atoms with Crippen LogP contribution in [0.5, 0.6) is 0 Å². The number of ether oxygens (including phenoxy) is 1. The molecule has 1 saturated heterocycles. The van der Waals surface area contributed by atoms with E-state index in [1.165, 1.54) is 16.9 Å². The summed E-state index contributed by atoms with van der Waals surface area (Å²) in [6, 6.07) is 6.13. The fourth-order valence-corrected chi connectivity index (χ4v) is 3.59. The van der Waals surface area contributed by atoms with Crippen molar-refractivity contribution in [3.8, 4) is 5.69 Å². The van der Waals surface area contributed by atoms with Gasteiger partial charge in [0, 0.05) is 12.8 Å². The maximum atomic E-state index is 12.4. The number of sulfone groups is 1. The molecule has 2 heterocycles. The van der Waals surface area contributed by atoms with Gasteiger partial charge in [0.2, 0.25) is 5.91 Å². The Hall–Kier alpha value is -2.23. The Morgan fingerprint density at radius 1 is 1.40 bits per heavy atom. The van der Waals surface area contributed by atoms with Crippen molar-refractivity contribution in [2.45, 2.75) is 24.0 Å². The summed E-state index contributed by atoms with van der Waals surface area (Å²) in [4.78, 5) is 12.5. The minimum absolute atomic E-state index is 0.173. The van der Waals surface area contributed by atoms with Crippen LogP contribution < -0.4 is 10.6 Å². The number of hydrogen-bond donors (Lipinski definition) is 2. The quantitative estimate of drug-likeness (QED) is 0.823. The summed E-state index contributed by atoms with van der Waals surface area (Å²) >= 11 is 0. The highest BCUT2D eigenvalue weighted by Crippen LogP contribution is 2.20. The van der Waals surface area contributed by atoms with E-state index in [1.807, 2.05) is 6.92 Å². The van der Waals surface area contributed by atoms with E-state index < -0.39 is 15.9 Å². The molecule has 25 heavy (non-hydrogen) atoms. The summed E-state index contributed by atoms with van der Waals surface area (Å²) in [5.74, 6) is -0.219. The van der Waals surface area contributed by atoms with Gasteiger partial charge in [-0.15, -0.1) is 0 Å². The van der Waals surface area contributed by atoms with Gasteiger partial charge in [0.25, 0.3) is 0 Å². The Morgan fingerprint density at radius 2 is 2.16 bits per heavy atom. The van der Waals surface area contributed by atoms with Gasteiger partial charge < -0.3 is 15.4 Å². The second-order valence-corrected chi connectivity index (χ2v) is 7.89. The third-order valence-electron chi connectivity index (χ3n) is 3.96. The van der Waals surface area contributed by atoms with Crippen molar-refractivity contribution in [2.24, 2.45) is 0 Å². The van der Waals surface area contributed by atoms with Crippen molar-refractivity contribution in [3.05, 3.63) is 36.7 Å². The molecule has 0 spiro atoms. The lowest BCUT2D eigenvalue weighted by molar-refractivity contribution is -0.123. The van der Waals surface area contributed by atoms with Crippen LogP contribution in [-0.4, -0.2) is 55.7 Å². The molecule has 8 nitrogen and oxygen atoms in total. The standard InChI is InChI=1S/C16H20N4O4S/c1-11-15(17-7-8-24-11)16(21)19-12-9-18-20(10-12)13-5-3-4-6-14(13)25(2,22)23/h3-6,9-11,15,17H,7-8H2,1-2H3,(H,19,21)/t11-,15+/m1/s1. The van der Waals surface area contributed by atoms with E-state index in [9.17, 15) is 13.2 Å². The zero-order chi connectivity index (χ0) is 18.0. The molecule has 2 N–H and O–H groups in total. The largest absolute Gasteiger partial charge is 0.375 e. The van der Waals surface area contributed by atoms with E-state index in [1.54, 1.807) is 24.4 Å². The highest BCUT2D eigenvalue weighted by atomic mass is 32.2. The number of nitrogens with zero attached hydrogens (tertiary/aromatic N) is 2. The van der Waals surface area contributed by atoms with Gasteiger partial charge in [0.1, 0.15) is 6.04 Å². The smallest absolute Gasteiger partial charge is 0.244 e. The molecule has 1 amide bonds. The van der Waals surface area contributed by atoms with Crippen molar-refractivity contribution in [1.82, 2.24) is 15.1 Å². The monoisotopic (exact) mass is 364 g/mol. The third kappa shape index (κ3) is 3.89. The first kappa shape index (κ1) is 17.6. The normalized spacial score (nSPS) is 21.0. The lowest BCUT2D eigenvalue weighted by Crippen LogP contribution is -2.53. The predicted molar refractivity (Wildman–Crippen MR) is 92.5 cm³/mol. The minimum Gasteiger partial charge on any atom is -0.375 e. The van der Waals surface area contributed by atoms with Gasteiger partial charge in [-0.1, -0.05) is 12.1 Å². The molecule has 1 aliphatic rings. The molecule has 1 aliphatic heterocycles. The molecule has 1 fully saturated rings. The molecule has 2 atom stereocenters. The number of carbonyl (C=O) groups is 1. The number of nitrogens with one attached hydrogen (secondary N) is 2. The maximum absolute atomic E-state index is 12.4. The number of anilines is 1. The molecule has 9 heteroatoms. The minimum atomic E-state index is -3.39. The van der Waals surface area contributed by atoms with Crippen LogP contribution in [0.15, 0.2) is 41.6 Å². The fourth-order valence-electron chi connectivity index (χ4n) is 2.73. The Balaban J connectivity index is 1.81. The Labute approximate surface area is 146 Å². The van der Waals surface area contributed by atoms with Crippen LogP contribution in [-0.2, 0) is 19.4 Å². The van der Waals surface area contributed by atoms with Crippen LogP contribution in [0, 0.1) is 0 Å². The topological polar surface area (TPSA) is 102 Å². The van der Waals surface area contributed by atoms with Crippen molar-refractivity contribution < 1.29 is 17.9 Å². The maximum Gasteiger partial charge on any atom is 0.244 e. The summed E-state index contributed by atoms with van der Waals surface area (Å²) in [5.41, 5.74) is 0.908. The predicted octanol–water partition coefficient (Wildman–Crippen LogP) is 0.591. The van der Waals surface area contributed by atoms with Crippen LogP contribution >= 0.6 is 0 Å². The van der Waals surface area contributed by atoms with Crippen LogP contribution in [0.3, 0.4) is 0 Å². The lowest BCUT2D eigenvalue weighted by Gasteiger charge is -2.29. The van der Waals surface area contributed by atoms with E-state index in [0.717, 1.165) is 6.26 Å². The van der Waals surface area contributed by atoms with Gasteiger partial charge >= 0.3 is 0 Å². The molecule has 0 unspecified atom stereocenters. The van der Waals surface area contributed by atoms with Crippen LogP contribution in [0.2, 0.25) is 0 Å². The van der Waals surface area contributed by atoms with Gasteiger partial charge in [-0.3, -0.25) is 4.79 Å². The van der Waals surface area contributed by atoms with Gasteiger partial charge in [0.05, 0.1) is 41.4 Å². The van der Waals surface area contributed by atoms with E-state index in [0.29, 0.717) is 24.5 Å². The van der Waals surface area contributed by atoms with Crippen molar-refractivity contribution in [2.75, 3.05) is 24.7 Å². The first-order valence-electron chi connectivity index (χ1n) is 7.86. The zero-order valence-corrected chi connectivity index (χ0v) is 14.8. The zero-order valence-electron chi connectivity index (χ0n) is 14.0. The Bertz CT molecular complexity index is 878. The summed E-state index contributed by atoms with van der Waals surface area (Å²) in [7, 11) is -3.39. The summed E-state index contributed by atoms with van der Waals surface area (Å²) in [6.07, 6.45) is 3.98. The number of benzene rings is 1. The van der Waals surface area contributed by atoms with E-state index in [4.69, 9.17) is 4.74 Å². The fraction of sp³-hybridized carbons (Fsp3) is 0.375. The molecular formula is C16H20N4O4S. The lowest BCUT2D eigenvalue weighted by atomic mass is 10.1. The Morgan fingerprint density at radius 3 is 2.88 bits per heavy atom.